The molecule has 0 amide bonds. The molecule has 0 aromatic heterocycles. The van der Waals surface area contributed by atoms with Crippen molar-refractivity contribution in [2.45, 2.75) is 132 Å². The maximum atomic E-state index is 3.86. The van der Waals surface area contributed by atoms with Crippen molar-refractivity contribution in [3.63, 3.8) is 0 Å². The topological polar surface area (TPSA) is 12.0 Å². The third-order valence-electron chi connectivity index (χ3n) is 3.68. The first-order valence-electron chi connectivity index (χ1n) is 10.2. The fraction of sp³-hybridized carbons (Fsp3) is 1.00. The first-order valence-corrected chi connectivity index (χ1v) is 10.2. The molecule has 0 unspecified atom stereocenters. The average molecular weight is 302 g/mol. The van der Waals surface area contributed by atoms with Crippen LogP contribution in [-0.4, -0.2) is 12.1 Å². The highest BCUT2D eigenvalue weighted by molar-refractivity contribution is 4.79. The summed E-state index contributed by atoms with van der Waals surface area (Å²) < 4.78 is 0. The van der Waals surface area contributed by atoms with Crippen LogP contribution in [0.4, 0.5) is 0 Å². The number of hydrogen-bond acceptors (Lipinski definition) is 1. The second-order valence-corrected chi connectivity index (χ2v) is 4.84. The second-order valence-electron chi connectivity index (χ2n) is 4.84. The highest BCUT2D eigenvalue weighted by Gasteiger charge is 2.19. The Kier molecular flexibility index (Phi) is 30.8. The molecule has 0 atom stereocenters. The number of rotatable bonds is 2. The SMILES string of the molecule is C1CCC(NC2CCCCC2)CC1.CC.CC.CC.CC. The molecule has 0 heterocycles. The molecule has 1 nitrogen and oxygen atoms in total. The van der Waals surface area contributed by atoms with E-state index in [9.17, 15) is 0 Å². The van der Waals surface area contributed by atoms with E-state index >= 15 is 0 Å². The molecule has 0 saturated heterocycles. The van der Waals surface area contributed by atoms with E-state index in [4.69, 9.17) is 0 Å². The van der Waals surface area contributed by atoms with Crippen LogP contribution >= 0.6 is 0 Å². The van der Waals surface area contributed by atoms with Crippen molar-refractivity contribution in [2.75, 3.05) is 0 Å². The molecule has 2 saturated carbocycles. The molecular formula is C20H47N. The Morgan fingerprint density at radius 1 is 0.429 bits per heavy atom. The lowest BCUT2D eigenvalue weighted by atomic mass is 9.91. The first-order chi connectivity index (χ1) is 10.4. The van der Waals surface area contributed by atoms with E-state index in [0.717, 1.165) is 12.1 Å². The van der Waals surface area contributed by atoms with E-state index in [1.165, 1.54) is 64.2 Å². The predicted octanol–water partition coefficient (Wildman–Crippen LogP) is 7.35. The molecule has 1 N–H and O–H groups in total. The molecule has 1 heteroatoms. The summed E-state index contributed by atoms with van der Waals surface area (Å²) >= 11 is 0. The van der Waals surface area contributed by atoms with Crippen molar-refractivity contribution >= 4 is 0 Å². The Balaban J connectivity index is -0.000000353. The quantitative estimate of drug-likeness (QED) is 0.562. The lowest BCUT2D eigenvalue weighted by Gasteiger charge is -2.30. The summed E-state index contributed by atoms with van der Waals surface area (Å²) in [5, 5.41) is 3.86. The summed E-state index contributed by atoms with van der Waals surface area (Å²) in [6.07, 6.45) is 14.6. The van der Waals surface area contributed by atoms with Gasteiger partial charge in [0.05, 0.1) is 0 Å². The van der Waals surface area contributed by atoms with Crippen LogP contribution in [0.2, 0.25) is 0 Å². The summed E-state index contributed by atoms with van der Waals surface area (Å²) in [6.45, 7) is 16.0. The molecule has 2 aliphatic carbocycles. The molecule has 2 aliphatic rings. The monoisotopic (exact) mass is 301 g/mol. The Labute approximate surface area is 137 Å². The summed E-state index contributed by atoms with van der Waals surface area (Å²) in [5.74, 6) is 0. The molecular weight excluding hydrogens is 254 g/mol. The van der Waals surface area contributed by atoms with Gasteiger partial charge in [-0.2, -0.15) is 0 Å². The summed E-state index contributed by atoms with van der Waals surface area (Å²) in [5.41, 5.74) is 0. The van der Waals surface area contributed by atoms with E-state index in [1.54, 1.807) is 0 Å². The van der Waals surface area contributed by atoms with Gasteiger partial charge >= 0.3 is 0 Å². The van der Waals surface area contributed by atoms with Crippen LogP contribution in [0.5, 0.6) is 0 Å². The van der Waals surface area contributed by atoms with Crippen molar-refractivity contribution in [3.05, 3.63) is 0 Å². The van der Waals surface area contributed by atoms with Crippen molar-refractivity contribution < 1.29 is 0 Å². The lowest BCUT2D eigenvalue weighted by molar-refractivity contribution is 0.291. The second kappa shape index (κ2) is 24.9. The fourth-order valence-corrected chi connectivity index (χ4v) is 2.87. The van der Waals surface area contributed by atoms with Gasteiger partial charge in [-0.1, -0.05) is 93.9 Å². The van der Waals surface area contributed by atoms with Gasteiger partial charge in [-0.15, -0.1) is 0 Å². The molecule has 0 radical (unpaired) electrons. The van der Waals surface area contributed by atoms with Gasteiger partial charge < -0.3 is 5.32 Å². The largest absolute Gasteiger partial charge is 0.311 e. The molecule has 0 aliphatic heterocycles. The van der Waals surface area contributed by atoms with Crippen LogP contribution in [0.1, 0.15) is 120 Å². The zero-order chi connectivity index (χ0) is 16.9. The summed E-state index contributed by atoms with van der Waals surface area (Å²) in [4.78, 5) is 0. The molecule has 0 aromatic rings. The molecule has 2 rings (SSSR count). The fourth-order valence-electron chi connectivity index (χ4n) is 2.87. The van der Waals surface area contributed by atoms with Crippen molar-refractivity contribution in [3.8, 4) is 0 Å². The summed E-state index contributed by atoms with van der Waals surface area (Å²) in [7, 11) is 0. The zero-order valence-corrected chi connectivity index (χ0v) is 16.7. The van der Waals surface area contributed by atoms with Gasteiger partial charge in [-0.05, 0) is 25.7 Å². The maximum Gasteiger partial charge on any atom is 0.00696 e. The van der Waals surface area contributed by atoms with Gasteiger partial charge in [0.1, 0.15) is 0 Å². The summed E-state index contributed by atoms with van der Waals surface area (Å²) in [6, 6.07) is 1.74. The molecule has 21 heavy (non-hydrogen) atoms. The van der Waals surface area contributed by atoms with Crippen LogP contribution in [0.15, 0.2) is 0 Å². The average Bonchev–Trinajstić information content (AvgIpc) is 2.64. The number of hydrogen-bond donors (Lipinski definition) is 1. The van der Waals surface area contributed by atoms with Gasteiger partial charge in [-0.3, -0.25) is 0 Å². The third kappa shape index (κ3) is 16.2. The van der Waals surface area contributed by atoms with Crippen molar-refractivity contribution in [2.24, 2.45) is 0 Å². The Morgan fingerprint density at radius 3 is 0.905 bits per heavy atom. The van der Waals surface area contributed by atoms with E-state index in [2.05, 4.69) is 5.32 Å². The van der Waals surface area contributed by atoms with Gasteiger partial charge in [-0.25, -0.2) is 0 Å². The van der Waals surface area contributed by atoms with Crippen molar-refractivity contribution in [1.29, 1.82) is 0 Å². The highest BCUT2D eigenvalue weighted by atomic mass is 14.9. The van der Waals surface area contributed by atoms with Crippen molar-refractivity contribution in [1.82, 2.24) is 5.32 Å². The normalized spacial score (nSPS) is 18.3. The Morgan fingerprint density at radius 2 is 0.667 bits per heavy atom. The first kappa shape index (κ1) is 25.9. The van der Waals surface area contributed by atoms with E-state index in [0.29, 0.717) is 0 Å². The minimum absolute atomic E-state index is 0.872. The van der Waals surface area contributed by atoms with E-state index in [-0.39, 0.29) is 0 Å². The third-order valence-corrected chi connectivity index (χ3v) is 3.68. The van der Waals surface area contributed by atoms with Crippen LogP contribution in [0, 0.1) is 0 Å². The van der Waals surface area contributed by atoms with Crippen LogP contribution in [0.3, 0.4) is 0 Å². The molecule has 2 fully saturated rings. The zero-order valence-electron chi connectivity index (χ0n) is 16.7. The smallest absolute Gasteiger partial charge is 0.00696 e. The number of nitrogens with one attached hydrogen (secondary N) is 1. The Bertz CT molecular complexity index is 117. The minimum atomic E-state index is 0.872. The lowest BCUT2D eigenvalue weighted by Crippen LogP contribution is -2.40. The van der Waals surface area contributed by atoms with E-state index in [1.807, 2.05) is 55.4 Å². The van der Waals surface area contributed by atoms with Gasteiger partial charge in [0.25, 0.3) is 0 Å². The molecule has 132 valence electrons. The molecule has 0 bridgehead atoms. The van der Waals surface area contributed by atoms with Gasteiger partial charge in [0, 0.05) is 12.1 Å². The van der Waals surface area contributed by atoms with Gasteiger partial charge in [0.15, 0.2) is 0 Å². The molecule has 0 spiro atoms. The van der Waals surface area contributed by atoms with Crippen LogP contribution in [0.25, 0.3) is 0 Å². The minimum Gasteiger partial charge on any atom is -0.311 e. The predicted molar refractivity (Wildman–Crippen MR) is 102 cm³/mol. The van der Waals surface area contributed by atoms with Crippen LogP contribution in [-0.2, 0) is 0 Å². The maximum absolute atomic E-state index is 3.86. The van der Waals surface area contributed by atoms with E-state index < -0.39 is 0 Å². The Hall–Kier alpha value is -0.0400. The molecule has 0 aromatic carbocycles. The van der Waals surface area contributed by atoms with Gasteiger partial charge in [0.2, 0.25) is 0 Å². The highest BCUT2D eigenvalue weighted by Crippen LogP contribution is 2.22. The van der Waals surface area contributed by atoms with Crippen LogP contribution < -0.4 is 5.32 Å². The standard InChI is InChI=1S/C12H23N.4C2H6/c1-3-7-11(8-4-1)13-12-9-5-2-6-10-12;4*1-2/h11-13H,1-10H2;4*1-2H3.